The maximum atomic E-state index is 12.6. The lowest BCUT2D eigenvalue weighted by molar-refractivity contribution is 0.702. The second-order valence-electron chi connectivity index (χ2n) is 6.54. The molecule has 1 saturated heterocycles. The van der Waals surface area contributed by atoms with Crippen molar-refractivity contribution in [3.05, 3.63) is 32.5 Å². The Morgan fingerprint density at radius 2 is 2.08 bits per heavy atom. The van der Waals surface area contributed by atoms with Crippen LogP contribution in [0.1, 0.15) is 20.3 Å². The molecule has 2 aromatic rings. The standard InChI is InChI=1S/C16H24N6O2/c1-10(2)6-8-22-12-13(20(3)16(24)21(4)14(12)23)19-15(22)18-11-5-7-17-9-11/h6,11,17H,5,7-9H2,1-4H3,(H,18,19). The van der Waals surface area contributed by atoms with Gasteiger partial charge in [-0.25, -0.2) is 4.79 Å². The minimum absolute atomic E-state index is 0.271. The third kappa shape index (κ3) is 2.77. The van der Waals surface area contributed by atoms with Crippen molar-refractivity contribution in [3.63, 3.8) is 0 Å². The van der Waals surface area contributed by atoms with Gasteiger partial charge in [-0.1, -0.05) is 11.6 Å². The van der Waals surface area contributed by atoms with Crippen molar-refractivity contribution in [1.29, 1.82) is 0 Å². The molecule has 1 unspecified atom stereocenters. The number of hydrogen-bond donors (Lipinski definition) is 2. The van der Waals surface area contributed by atoms with Gasteiger partial charge in [0.1, 0.15) is 0 Å². The molecule has 3 rings (SSSR count). The number of hydrogen-bond acceptors (Lipinski definition) is 5. The first-order chi connectivity index (χ1) is 11.4. The quantitative estimate of drug-likeness (QED) is 0.780. The van der Waals surface area contributed by atoms with Crippen LogP contribution in [0.3, 0.4) is 0 Å². The zero-order valence-corrected chi connectivity index (χ0v) is 14.6. The van der Waals surface area contributed by atoms with Crippen LogP contribution in [0, 0.1) is 0 Å². The summed E-state index contributed by atoms with van der Waals surface area (Å²) >= 11 is 0. The molecule has 8 heteroatoms. The summed E-state index contributed by atoms with van der Waals surface area (Å²) in [7, 11) is 3.14. The summed E-state index contributed by atoms with van der Waals surface area (Å²) in [6, 6.07) is 0.271. The molecule has 1 fully saturated rings. The van der Waals surface area contributed by atoms with Crippen LogP contribution in [0.25, 0.3) is 11.2 Å². The van der Waals surface area contributed by atoms with Gasteiger partial charge in [-0.05, 0) is 26.8 Å². The van der Waals surface area contributed by atoms with E-state index in [4.69, 9.17) is 0 Å². The average Bonchev–Trinajstić information content (AvgIpc) is 3.17. The Labute approximate surface area is 139 Å². The number of nitrogens with zero attached hydrogens (tertiary/aromatic N) is 4. The lowest BCUT2D eigenvalue weighted by atomic mass is 10.3. The van der Waals surface area contributed by atoms with Crippen molar-refractivity contribution in [3.8, 4) is 0 Å². The first-order valence-electron chi connectivity index (χ1n) is 8.17. The van der Waals surface area contributed by atoms with Crippen molar-refractivity contribution in [2.24, 2.45) is 14.1 Å². The molecule has 0 aromatic carbocycles. The summed E-state index contributed by atoms with van der Waals surface area (Å²) < 4.78 is 4.42. The van der Waals surface area contributed by atoms with Gasteiger partial charge in [0.25, 0.3) is 5.56 Å². The molecule has 0 amide bonds. The van der Waals surface area contributed by atoms with Crippen LogP contribution in [0.15, 0.2) is 21.2 Å². The molecule has 0 saturated carbocycles. The SMILES string of the molecule is CC(C)=CCn1c(NC2CCNC2)nc2c1c(=O)n(C)c(=O)n2C. The Kier molecular flexibility index (Phi) is 4.31. The Balaban J connectivity index is 2.21. The molecule has 130 valence electrons. The topological polar surface area (TPSA) is 85.9 Å². The molecule has 1 aliphatic heterocycles. The molecule has 0 bridgehead atoms. The predicted octanol–water partition coefficient (Wildman–Crippen LogP) is 0.174. The van der Waals surface area contributed by atoms with E-state index in [0.717, 1.165) is 29.7 Å². The summed E-state index contributed by atoms with van der Waals surface area (Å²) in [5.74, 6) is 0.634. The van der Waals surface area contributed by atoms with Gasteiger partial charge >= 0.3 is 5.69 Å². The fourth-order valence-corrected chi connectivity index (χ4v) is 2.97. The minimum Gasteiger partial charge on any atom is -0.352 e. The largest absolute Gasteiger partial charge is 0.352 e. The monoisotopic (exact) mass is 332 g/mol. The first kappa shape index (κ1) is 16.5. The second kappa shape index (κ2) is 6.27. The summed E-state index contributed by atoms with van der Waals surface area (Å²) in [4.78, 5) is 29.4. The van der Waals surface area contributed by atoms with E-state index in [-0.39, 0.29) is 17.3 Å². The number of allylic oxidation sites excluding steroid dienone is 2. The van der Waals surface area contributed by atoms with E-state index in [1.165, 1.54) is 11.6 Å². The third-order valence-corrected chi connectivity index (χ3v) is 4.42. The molecule has 0 radical (unpaired) electrons. The number of aryl methyl sites for hydroxylation is 1. The first-order valence-corrected chi connectivity index (χ1v) is 8.17. The highest BCUT2D eigenvalue weighted by Gasteiger charge is 2.21. The Bertz CT molecular complexity index is 907. The molecule has 1 aliphatic rings. The molecular formula is C16H24N6O2. The van der Waals surface area contributed by atoms with Gasteiger partial charge in [0, 0.05) is 33.2 Å². The number of fused-ring (bicyclic) bond motifs is 1. The maximum absolute atomic E-state index is 12.6. The average molecular weight is 332 g/mol. The second-order valence-corrected chi connectivity index (χ2v) is 6.54. The van der Waals surface area contributed by atoms with Crippen molar-refractivity contribution in [2.45, 2.75) is 32.9 Å². The fraction of sp³-hybridized carbons (Fsp3) is 0.562. The van der Waals surface area contributed by atoms with Crippen molar-refractivity contribution in [1.82, 2.24) is 24.0 Å². The van der Waals surface area contributed by atoms with Crippen LogP contribution in [0.2, 0.25) is 0 Å². The number of rotatable bonds is 4. The van der Waals surface area contributed by atoms with E-state index in [1.54, 1.807) is 7.05 Å². The highest BCUT2D eigenvalue weighted by molar-refractivity contribution is 5.74. The number of imidazole rings is 1. The van der Waals surface area contributed by atoms with E-state index in [1.807, 2.05) is 24.5 Å². The molecule has 0 aliphatic carbocycles. The van der Waals surface area contributed by atoms with E-state index in [0.29, 0.717) is 23.7 Å². The maximum Gasteiger partial charge on any atom is 0.332 e. The van der Waals surface area contributed by atoms with Crippen LogP contribution in [0.4, 0.5) is 5.95 Å². The molecule has 3 heterocycles. The van der Waals surface area contributed by atoms with Crippen LogP contribution < -0.4 is 21.9 Å². The summed E-state index contributed by atoms with van der Waals surface area (Å²) in [5.41, 5.74) is 1.34. The van der Waals surface area contributed by atoms with Gasteiger partial charge in [-0.3, -0.25) is 13.9 Å². The summed E-state index contributed by atoms with van der Waals surface area (Å²) in [6.07, 6.45) is 3.05. The normalized spacial score (nSPS) is 17.4. The predicted molar refractivity (Wildman–Crippen MR) is 94.5 cm³/mol. The lowest BCUT2D eigenvalue weighted by Gasteiger charge is -2.13. The van der Waals surface area contributed by atoms with E-state index in [9.17, 15) is 9.59 Å². The molecule has 24 heavy (non-hydrogen) atoms. The number of nitrogens with one attached hydrogen (secondary N) is 2. The highest BCUT2D eigenvalue weighted by atomic mass is 16.2. The van der Waals surface area contributed by atoms with Gasteiger partial charge < -0.3 is 15.2 Å². The van der Waals surface area contributed by atoms with Crippen molar-refractivity contribution < 1.29 is 0 Å². The van der Waals surface area contributed by atoms with E-state index < -0.39 is 0 Å². The van der Waals surface area contributed by atoms with Gasteiger partial charge in [0.05, 0.1) is 0 Å². The Hall–Kier alpha value is -2.35. The summed E-state index contributed by atoms with van der Waals surface area (Å²) in [6.45, 7) is 6.39. The molecular weight excluding hydrogens is 308 g/mol. The molecule has 1 atom stereocenters. The number of aromatic nitrogens is 4. The van der Waals surface area contributed by atoms with Crippen LogP contribution in [-0.2, 0) is 20.6 Å². The Morgan fingerprint density at radius 1 is 1.33 bits per heavy atom. The van der Waals surface area contributed by atoms with Gasteiger partial charge in [0.15, 0.2) is 11.2 Å². The zero-order chi connectivity index (χ0) is 17.4. The minimum atomic E-state index is -0.367. The van der Waals surface area contributed by atoms with Crippen molar-refractivity contribution >= 4 is 17.1 Å². The number of anilines is 1. The molecule has 2 aromatic heterocycles. The van der Waals surface area contributed by atoms with Crippen LogP contribution in [-0.4, -0.2) is 37.8 Å². The fourth-order valence-electron chi connectivity index (χ4n) is 2.97. The van der Waals surface area contributed by atoms with E-state index in [2.05, 4.69) is 15.6 Å². The van der Waals surface area contributed by atoms with Gasteiger partial charge in [-0.15, -0.1) is 0 Å². The Morgan fingerprint density at radius 3 is 2.71 bits per heavy atom. The lowest BCUT2D eigenvalue weighted by Crippen LogP contribution is -2.37. The smallest absolute Gasteiger partial charge is 0.332 e. The zero-order valence-electron chi connectivity index (χ0n) is 14.6. The molecule has 2 N–H and O–H groups in total. The van der Waals surface area contributed by atoms with E-state index >= 15 is 0 Å². The van der Waals surface area contributed by atoms with Crippen molar-refractivity contribution in [2.75, 3.05) is 18.4 Å². The molecule has 8 nitrogen and oxygen atoms in total. The van der Waals surface area contributed by atoms with Crippen LogP contribution >= 0.6 is 0 Å². The highest BCUT2D eigenvalue weighted by Crippen LogP contribution is 2.18. The van der Waals surface area contributed by atoms with Crippen LogP contribution in [0.5, 0.6) is 0 Å². The third-order valence-electron chi connectivity index (χ3n) is 4.42. The van der Waals surface area contributed by atoms with Gasteiger partial charge in [-0.2, -0.15) is 4.98 Å². The molecule has 0 spiro atoms. The van der Waals surface area contributed by atoms with Gasteiger partial charge in [0.2, 0.25) is 5.95 Å². The summed E-state index contributed by atoms with van der Waals surface area (Å²) in [5, 5.41) is 6.72.